The van der Waals surface area contributed by atoms with E-state index in [0.29, 0.717) is 12.2 Å². The third-order valence-corrected chi connectivity index (χ3v) is 3.80. The largest absolute Gasteiger partial charge is 0.480 e. The van der Waals surface area contributed by atoms with Gasteiger partial charge in [-0.3, -0.25) is 9.59 Å². The van der Waals surface area contributed by atoms with Gasteiger partial charge in [0.1, 0.15) is 12.2 Å². The number of hydrogen-bond acceptors (Lipinski definition) is 4. The Balaban J connectivity index is 2.20. The molecule has 0 radical (unpaired) electrons. The molecule has 7 heteroatoms. The summed E-state index contributed by atoms with van der Waals surface area (Å²) in [6, 6.07) is 1.71. The van der Waals surface area contributed by atoms with Crippen LogP contribution in [-0.4, -0.2) is 44.9 Å². The van der Waals surface area contributed by atoms with Crippen molar-refractivity contribution >= 4 is 23.2 Å². The highest BCUT2D eigenvalue weighted by molar-refractivity contribution is 7.09. The molecular weight excluding hydrogens is 302 g/mol. The average molecular weight is 321 g/mol. The number of amides is 1. The lowest BCUT2D eigenvalue weighted by molar-refractivity contribution is -0.137. The highest BCUT2D eigenvalue weighted by Gasteiger charge is 2.21. The van der Waals surface area contributed by atoms with Crippen molar-refractivity contribution < 1.29 is 14.7 Å². The van der Waals surface area contributed by atoms with Crippen LogP contribution in [0.1, 0.15) is 29.3 Å². The Morgan fingerprint density at radius 3 is 2.73 bits per heavy atom. The van der Waals surface area contributed by atoms with Gasteiger partial charge in [-0.2, -0.15) is 0 Å². The number of carboxylic acid groups (broad SMARTS) is 1. The number of hydrogen-bond donors (Lipinski definition) is 2. The first-order chi connectivity index (χ1) is 10.4. The predicted octanol–water partition coefficient (Wildman–Crippen LogP) is 2.63. The Hall–Kier alpha value is -2.15. The molecule has 0 atom stereocenters. The normalized spacial score (nSPS) is 10.9. The van der Waals surface area contributed by atoms with E-state index in [1.54, 1.807) is 23.6 Å². The molecule has 2 heterocycles. The second-order valence-corrected chi connectivity index (χ2v) is 6.59. The maximum atomic E-state index is 12.5. The van der Waals surface area contributed by atoms with Crippen LogP contribution < -0.4 is 0 Å². The molecule has 0 saturated heterocycles. The number of nitrogens with one attached hydrogen (secondary N) is 1. The third kappa shape index (κ3) is 3.94. The molecule has 0 aliphatic carbocycles. The van der Waals surface area contributed by atoms with Crippen molar-refractivity contribution in [1.82, 2.24) is 14.9 Å². The van der Waals surface area contributed by atoms with E-state index in [0.717, 1.165) is 16.3 Å². The topological polar surface area (TPSA) is 86.3 Å². The first-order valence-corrected chi connectivity index (χ1v) is 7.86. The fourth-order valence-corrected chi connectivity index (χ4v) is 2.78. The minimum Gasteiger partial charge on any atom is -0.480 e. The van der Waals surface area contributed by atoms with Gasteiger partial charge in [0.25, 0.3) is 5.91 Å². The predicted molar refractivity (Wildman–Crippen MR) is 85.0 cm³/mol. The number of carbonyl (C=O) groups excluding carboxylic acids is 1. The summed E-state index contributed by atoms with van der Waals surface area (Å²) >= 11 is 1.54. The van der Waals surface area contributed by atoms with Gasteiger partial charge in [0.05, 0.1) is 10.7 Å². The van der Waals surface area contributed by atoms with Crippen LogP contribution in [0.4, 0.5) is 0 Å². The molecule has 0 unspecified atom stereocenters. The number of rotatable bonds is 6. The molecule has 2 aromatic rings. The fourth-order valence-electron chi connectivity index (χ4n) is 2.16. The minimum atomic E-state index is -1.02. The van der Waals surface area contributed by atoms with Crippen molar-refractivity contribution in [1.29, 1.82) is 0 Å². The number of carbonyl (C=O) groups is 2. The summed E-state index contributed by atoms with van der Waals surface area (Å²) < 4.78 is 0. The summed E-state index contributed by atoms with van der Waals surface area (Å²) in [5, 5.41) is 11.8. The van der Waals surface area contributed by atoms with Crippen LogP contribution in [0.15, 0.2) is 17.6 Å². The monoisotopic (exact) mass is 321 g/mol. The third-order valence-electron chi connectivity index (χ3n) is 3.03. The zero-order chi connectivity index (χ0) is 16.3. The zero-order valence-electron chi connectivity index (χ0n) is 12.8. The van der Waals surface area contributed by atoms with Crippen LogP contribution in [0.2, 0.25) is 0 Å². The Labute approximate surface area is 132 Å². The van der Waals surface area contributed by atoms with Crippen molar-refractivity contribution in [2.75, 3.05) is 13.1 Å². The number of nitrogens with zero attached hydrogens (tertiary/aromatic N) is 2. The summed E-state index contributed by atoms with van der Waals surface area (Å²) in [6.45, 7) is 5.90. The molecule has 118 valence electrons. The summed E-state index contributed by atoms with van der Waals surface area (Å²) in [5.41, 5.74) is 2.02. The fraction of sp³-hybridized carbons (Fsp3) is 0.400. The zero-order valence-corrected chi connectivity index (χ0v) is 13.6. The Morgan fingerprint density at radius 2 is 2.18 bits per heavy atom. The Kier molecular flexibility index (Phi) is 4.97. The second-order valence-electron chi connectivity index (χ2n) is 5.53. The van der Waals surface area contributed by atoms with Gasteiger partial charge in [-0.05, 0) is 18.9 Å². The van der Waals surface area contributed by atoms with E-state index in [1.165, 1.54) is 4.90 Å². The Morgan fingerprint density at radius 1 is 1.45 bits per heavy atom. The number of aliphatic carboxylic acids is 1. The van der Waals surface area contributed by atoms with E-state index < -0.39 is 5.97 Å². The molecule has 2 aromatic heterocycles. The van der Waals surface area contributed by atoms with Crippen LogP contribution in [0, 0.1) is 12.8 Å². The van der Waals surface area contributed by atoms with Gasteiger partial charge < -0.3 is 15.0 Å². The minimum absolute atomic E-state index is 0.193. The van der Waals surface area contributed by atoms with Gasteiger partial charge in [0, 0.05) is 23.7 Å². The molecule has 0 aliphatic heterocycles. The molecule has 0 bridgehead atoms. The van der Waals surface area contributed by atoms with Gasteiger partial charge in [0.15, 0.2) is 0 Å². The van der Waals surface area contributed by atoms with Gasteiger partial charge in [-0.15, -0.1) is 11.3 Å². The number of aryl methyl sites for hydroxylation is 1. The van der Waals surface area contributed by atoms with Crippen LogP contribution >= 0.6 is 11.3 Å². The van der Waals surface area contributed by atoms with Crippen molar-refractivity contribution in [2.45, 2.75) is 20.8 Å². The van der Waals surface area contributed by atoms with Gasteiger partial charge in [-0.25, -0.2) is 4.98 Å². The average Bonchev–Trinajstić information content (AvgIpc) is 3.04. The first kappa shape index (κ1) is 16.2. The number of thiazole rings is 1. The first-order valence-electron chi connectivity index (χ1n) is 6.98. The SMILES string of the molecule is Cc1nc(-c2c[nH]c(C(=O)N(CC(=O)O)CC(C)C)c2)cs1. The van der Waals surface area contributed by atoms with Crippen molar-refractivity contribution in [3.05, 3.63) is 28.3 Å². The van der Waals surface area contributed by atoms with E-state index in [-0.39, 0.29) is 18.4 Å². The van der Waals surface area contributed by atoms with Crippen LogP contribution in [0.25, 0.3) is 11.3 Å². The molecule has 22 heavy (non-hydrogen) atoms. The summed E-state index contributed by atoms with van der Waals surface area (Å²) in [7, 11) is 0. The van der Waals surface area contributed by atoms with E-state index in [4.69, 9.17) is 5.11 Å². The number of aromatic amines is 1. The molecule has 2 rings (SSSR count). The lowest BCUT2D eigenvalue weighted by Gasteiger charge is -2.22. The number of H-pyrrole nitrogens is 1. The lowest BCUT2D eigenvalue weighted by Crippen LogP contribution is -2.38. The summed E-state index contributed by atoms with van der Waals surface area (Å²) in [6.07, 6.45) is 1.72. The van der Waals surface area contributed by atoms with Crippen molar-refractivity contribution in [2.24, 2.45) is 5.92 Å². The van der Waals surface area contributed by atoms with Crippen LogP contribution in [0.5, 0.6) is 0 Å². The van der Waals surface area contributed by atoms with Crippen LogP contribution in [-0.2, 0) is 4.79 Å². The summed E-state index contributed by atoms with van der Waals surface area (Å²) in [5.74, 6) is -1.14. The number of carboxylic acids is 1. The van der Waals surface area contributed by atoms with Gasteiger partial charge >= 0.3 is 5.97 Å². The smallest absolute Gasteiger partial charge is 0.323 e. The molecule has 0 aliphatic rings. The molecule has 1 amide bonds. The van der Waals surface area contributed by atoms with E-state index in [9.17, 15) is 9.59 Å². The lowest BCUT2D eigenvalue weighted by atomic mass is 10.2. The molecule has 0 saturated carbocycles. The summed E-state index contributed by atoms with van der Waals surface area (Å²) in [4.78, 5) is 32.1. The molecule has 0 aromatic carbocycles. The Bertz CT molecular complexity index is 675. The van der Waals surface area contributed by atoms with E-state index in [2.05, 4.69) is 9.97 Å². The molecule has 0 spiro atoms. The van der Waals surface area contributed by atoms with Crippen LogP contribution in [0.3, 0.4) is 0 Å². The van der Waals surface area contributed by atoms with Gasteiger partial charge in [0.2, 0.25) is 0 Å². The van der Waals surface area contributed by atoms with Gasteiger partial charge in [-0.1, -0.05) is 13.8 Å². The maximum absolute atomic E-state index is 12.5. The molecular formula is C15H19N3O3S. The maximum Gasteiger partial charge on any atom is 0.323 e. The molecule has 2 N–H and O–H groups in total. The highest BCUT2D eigenvalue weighted by atomic mass is 32.1. The number of aromatic nitrogens is 2. The highest BCUT2D eigenvalue weighted by Crippen LogP contribution is 2.22. The second kappa shape index (κ2) is 6.74. The molecule has 0 fully saturated rings. The van der Waals surface area contributed by atoms with Crippen molar-refractivity contribution in [3.63, 3.8) is 0 Å². The quantitative estimate of drug-likeness (QED) is 0.856. The molecule has 6 nitrogen and oxygen atoms in total. The van der Waals surface area contributed by atoms with E-state index >= 15 is 0 Å². The van der Waals surface area contributed by atoms with Crippen molar-refractivity contribution in [3.8, 4) is 11.3 Å². The standard InChI is InChI=1S/C15H19N3O3S/c1-9(2)6-18(7-14(19)20)15(21)12-4-11(5-16-12)13-8-22-10(3)17-13/h4-5,8-9,16H,6-7H2,1-3H3,(H,19,20). The van der Waals surface area contributed by atoms with E-state index in [1.807, 2.05) is 26.2 Å².